The SMILES string of the molecule is O=C(c1cccc(O)n1)N1CCC(O)(c2ccccc2)C2CCCCC21. The average molecular weight is 352 g/mol. The molecule has 1 aliphatic carbocycles. The molecule has 3 unspecified atom stereocenters. The van der Waals surface area contributed by atoms with Gasteiger partial charge in [-0.15, -0.1) is 0 Å². The third kappa shape index (κ3) is 2.86. The van der Waals surface area contributed by atoms with Gasteiger partial charge in [0.2, 0.25) is 5.88 Å². The molecule has 1 aromatic carbocycles. The van der Waals surface area contributed by atoms with E-state index in [0.29, 0.717) is 13.0 Å². The maximum Gasteiger partial charge on any atom is 0.272 e. The summed E-state index contributed by atoms with van der Waals surface area (Å²) < 4.78 is 0. The Morgan fingerprint density at radius 1 is 1.08 bits per heavy atom. The summed E-state index contributed by atoms with van der Waals surface area (Å²) in [6.45, 7) is 0.489. The first kappa shape index (κ1) is 17.0. The molecule has 2 aromatic rings. The van der Waals surface area contributed by atoms with Crippen molar-refractivity contribution in [1.29, 1.82) is 0 Å². The predicted molar refractivity (Wildman–Crippen MR) is 97.6 cm³/mol. The van der Waals surface area contributed by atoms with Gasteiger partial charge in [0, 0.05) is 24.6 Å². The van der Waals surface area contributed by atoms with Crippen molar-refractivity contribution in [2.24, 2.45) is 5.92 Å². The van der Waals surface area contributed by atoms with Gasteiger partial charge in [-0.2, -0.15) is 0 Å². The van der Waals surface area contributed by atoms with Gasteiger partial charge in [-0.1, -0.05) is 49.2 Å². The van der Waals surface area contributed by atoms with Gasteiger partial charge in [0.15, 0.2) is 0 Å². The van der Waals surface area contributed by atoms with Crippen LogP contribution in [0.25, 0.3) is 0 Å². The van der Waals surface area contributed by atoms with E-state index < -0.39 is 5.60 Å². The van der Waals surface area contributed by atoms with Crippen molar-refractivity contribution in [2.45, 2.75) is 43.7 Å². The minimum Gasteiger partial charge on any atom is -0.493 e. The van der Waals surface area contributed by atoms with Crippen molar-refractivity contribution in [1.82, 2.24) is 9.88 Å². The monoisotopic (exact) mass is 352 g/mol. The van der Waals surface area contributed by atoms with E-state index in [1.165, 1.54) is 6.07 Å². The third-order valence-electron chi connectivity index (χ3n) is 5.97. The Balaban J connectivity index is 1.66. The number of aliphatic hydroxyl groups is 1. The van der Waals surface area contributed by atoms with E-state index in [0.717, 1.165) is 31.2 Å². The number of aromatic nitrogens is 1. The molecule has 4 rings (SSSR count). The van der Waals surface area contributed by atoms with Crippen molar-refractivity contribution >= 4 is 5.91 Å². The number of fused-ring (bicyclic) bond motifs is 1. The van der Waals surface area contributed by atoms with Gasteiger partial charge in [-0.3, -0.25) is 4.79 Å². The van der Waals surface area contributed by atoms with Gasteiger partial charge in [-0.05, 0) is 30.9 Å². The highest BCUT2D eigenvalue weighted by Crippen LogP contribution is 2.47. The summed E-state index contributed by atoms with van der Waals surface area (Å²) in [5.74, 6) is -0.282. The summed E-state index contributed by atoms with van der Waals surface area (Å²) in [4.78, 5) is 18.9. The summed E-state index contributed by atoms with van der Waals surface area (Å²) in [5, 5.41) is 21.2. The summed E-state index contributed by atoms with van der Waals surface area (Å²) in [7, 11) is 0. The van der Waals surface area contributed by atoms with Crippen LogP contribution in [0.2, 0.25) is 0 Å². The van der Waals surface area contributed by atoms with Crippen molar-refractivity contribution < 1.29 is 15.0 Å². The zero-order valence-electron chi connectivity index (χ0n) is 14.7. The normalized spacial score (nSPS) is 28.4. The molecule has 5 heteroatoms. The molecular weight excluding hydrogens is 328 g/mol. The molecule has 0 bridgehead atoms. The molecule has 2 fully saturated rings. The number of carbonyl (C=O) groups is 1. The molecule has 136 valence electrons. The zero-order valence-corrected chi connectivity index (χ0v) is 14.7. The van der Waals surface area contributed by atoms with Gasteiger partial charge >= 0.3 is 0 Å². The fourth-order valence-corrected chi connectivity index (χ4v) is 4.71. The maximum absolute atomic E-state index is 13.0. The summed E-state index contributed by atoms with van der Waals surface area (Å²) in [6, 6.07) is 14.6. The largest absolute Gasteiger partial charge is 0.493 e. The van der Waals surface area contributed by atoms with E-state index in [-0.39, 0.29) is 29.4 Å². The number of likely N-dealkylation sites (tertiary alicyclic amines) is 1. The molecule has 3 atom stereocenters. The third-order valence-corrected chi connectivity index (χ3v) is 5.97. The van der Waals surface area contributed by atoms with E-state index in [9.17, 15) is 15.0 Å². The van der Waals surface area contributed by atoms with E-state index in [1.54, 1.807) is 12.1 Å². The molecule has 1 saturated heterocycles. The molecule has 5 nitrogen and oxygen atoms in total. The van der Waals surface area contributed by atoms with E-state index in [1.807, 2.05) is 35.2 Å². The molecule has 0 radical (unpaired) electrons. The molecular formula is C21H24N2O3. The van der Waals surface area contributed by atoms with Crippen LogP contribution in [-0.4, -0.2) is 38.6 Å². The van der Waals surface area contributed by atoms with Gasteiger partial charge in [0.25, 0.3) is 5.91 Å². The second kappa shape index (κ2) is 6.72. The lowest BCUT2D eigenvalue weighted by molar-refractivity contribution is -0.110. The van der Waals surface area contributed by atoms with Gasteiger partial charge in [-0.25, -0.2) is 4.98 Å². The Bertz CT molecular complexity index is 795. The minimum atomic E-state index is -0.893. The molecule has 1 aromatic heterocycles. The van der Waals surface area contributed by atoms with Crippen LogP contribution >= 0.6 is 0 Å². The first-order valence-corrected chi connectivity index (χ1v) is 9.34. The number of aromatic hydroxyl groups is 1. The number of hydrogen-bond acceptors (Lipinski definition) is 4. The van der Waals surface area contributed by atoms with Crippen molar-refractivity contribution in [3.8, 4) is 5.88 Å². The fourth-order valence-electron chi connectivity index (χ4n) is 4.71. The van der Waals surface area contributed by atoms with Gasteiger partial charge in [0.1, 0.15) is 5.69 Å². The number of amides is 1. The van der Waals surface area contributed by atoms with Crippen LogP contribution in [0.4, 0.5) is 0 Å². The van der Waals surface area contributed by atoms with Crippen LogP contribution in [0.15, 0.2) is 48.5 Å². The molecule has 2 N–H and O–H groups in total. The lowest BCUT2D eigenvalue weighted by Crippen LogP contribution is -2.59. The molecule has 1 amide bonds. The van der Waals surface area contributed by atoms with Gasteiger partial charge in [0.05, 0.1) is 5.60 Å². The van der Waals surface area contributed by atoms with Crippen molar-refractivity contribution in [2.75, 3.05) is 6.54 Å². The lowest BCUT2D eigenvalue weighted by Gasteiger charge is -2.52. The first-order valence-electron chi connectivity index (χ1n) is 9.34. The maximum atomic E-state index is 13.0. The van der Waals surface area contributed by atoms with Crippen LogP contribution in [0, 0.1) is 5.92 Å². The topological polar surface area (TPSA) is 73.7 Å². The predicted octanol–water partition coefficient (Wildman–Crippen LogP) is 3.08. The Hall–Kier alpha value is -2.40. The number of hydrogen-bond donors (Lipinski definition) is 2. The van der Waals surface area contributed by atoms with E-state index >= 15 is 0 Å². The molecule has 2 heterocycles. The van der Waals surface area contributed by atoms with Gasteiger partial charge < -0.3 is 15.1 Å². The van der Waals surface area contributed by atoms with Crippen LogP contribution in [0.5, 0.6) is 5.88 Å². The van der Waals surface area contributed by atoms with E-state index in [4.69, 9.17) is 0 Å². The Morgan fingerprint density at radius 3 is 2.62 bits per heavy atom. The lowest BCUT2D eigenvalue weighted by atomic mass is 9.66. The molecule has 26 heavy (non-hydrogen) atoms. The number of nitrogens with zero attached hydrogens (tertiary/aromatic N) is 2. The summed E-state index contributed by atoms with van der Waals surface area (Å²) in [6.07, 6.45) is 4.45. The van der Waals surface area contributed by atoms with Crippen molar-refractivity contribution in [3.05, 3.63) is 59.8 Å². The van der Waals surface area contributed by atoms with Crippen LogP contribution in [0.1, 0.15) is 48.2 Å². The number of pyridine rings is 1. The highest BCUT2D eigenvalue weighted by Gasteiger charge is 2.50. The number of piperidine rings is 1. The molecule has 1 saturated carbocycles. The smallest absolute Gasteiger partial charge is 0.272 e. The Kier molecular flexibility index (Phi) is 4.41. The average Bonchev–Trinajstić information content (AvgIpc) is 2.69. The highest BCUT2D eigenvalue weighted by molar-refractivity contribution is 5.92. The van der Waals surface area contributed by atoms with Crippen LogP contribution in [0.3, 0.4) is 0 Å². The fraction of sp³-hybridized carbons (Fsp3) is 0.429. The van der Waals surface area contributed by atoms with Crippen LogP contribution in [-0.2, 0) is 5.60 Å². The summed E-state index contributed by atoms with van der Waals surface area (Å²) in [5.41, 5.74) is 0.314. The number of benzene rings is 1. The Morgan fingerprint density at radius 2 is 1.85 bits per heavy atom. The molecule has 2 aliphatic rings. The zero-order chi connectivity index (χ0) is 18.1. The Labute approximate surface area is 153 Å². The van der Waals surface area contributed by atoms with Crippen LogP contribution < -0.4 is 0 Å². The van der Waals surface area contributed by atoms with E-state index in [2.05, 4.69) is 4.98 Å². The minimum absolute atomic E-state index is 0.000597. The first-order chi connectivity index (χ1) is 12.6. The second-order valence-electron chi connectivity index (χ2n) is 7.38. The quantitative estimate of drug-likeness (QED) is 0.871. The second-order valence-corrected chi connectivity index (χ2v) is 7.38. The molecule has 0 spiro atoms. The molecule has 1 aliphatic heterocycles. The summed E-state index contributed by atoms with van der Waals surface area (Å²) >= 11 is 0. The standard InChI is InChI=1S/C21H24N2O3/c24-19-12-6-10-17(22-19)20(25)23-14-13-21(26,15-7-2-1-3-8-15)16-9-4-5-11-18(16)23/h1-3,6-8,10,12,16,18,26H,4-5,9,11,13-14H2,(H,22,24). The highest BCUT2D eigenvalue weighted by atomic mass is 16.3. The van der Waals surface area contributed by atoms with Crippen molar-refractivity contribution in [3.63, 3.8) is 0 Å². The number of carbonyl (C=O) groups excluding carboxylic acids is 1. The number of rotatable bonds is 2.